The lowest BCUT2D eigenvalue weighted by Crippen LogP contribution is -2.72. The van der Waals surface area contributed by atoms with Crippen LogP contribution in [0, 0.1) is 0 Å². The normalized spacial score (nSPS) is 22.3. The fourth-order valence-corrected chi connectivity index (χ4v) is 4.87. The first-order valence-electron chi connectivity index (χ1n) is 11.5. The average molecular weight is 534 g/mol. The lowest BCUT2D eigenvalue weighted by Gasteiger charge is -2.49. The van der Waals surface area contributed by atoms with Crippen molar-refractivity contribution < 1.29 is 39.0 Å². The summed E-state index contributed by atoms with van der Waals surface area (Å²) in [4.78, 5) is 78.2. The second kappa shape index (κ2) is 10.1. The van der Waals surface area contributed by atoms with Crippen molar-refractivity contribution >= 4 is 47.2 Å². The number of nitrogens with zero attached hydrogens (tertiary/aromatic N) is 3. The van der Waals surface area contributed by atoms with Crippen molar-refractivity contribution in [1.82, 2.24) is 25.3 Å². The minimum Gasteiger partial charge on any atom is -0.508 e. The predicted octanol–water partition coefficient (Wildman–Crippen LogP) is -0.142. The van der Waals surface area contributed by atoms with Gasteiger partial charge in [0.25, 0.3) is 5.91 Å². The number of carboxylic acid groups (broad SMARTS) is 1. The zero-order valence-corrected chi connectivity index (χ0v) is 20.4. The van der Waals surface area contributed by atoms with Gasteiger partial charge in [0.15, 0.2) is 0 Å². The number of hydrogen-bond acceptors (Lipinski definition) is 7. The van der Waals surface area contributed by atoms with Crippen LogP contribution in [0.3, 0.4) is 0 Å². The minimum absolute atomic E-state index is 0.0403. The van der Waals surface area contributed by atoms with Crippen molar-refractivity contribution in [3.05, 3.63) is 40.6 Å². The number of rotatable bonds is 6. The predicted molar refractivity (Wildman–Crippen MR) is 126 cm³/mol. The van der Waals surface area contributed by atoms with Gasteiger partial charge in [0.1, 0.15) is 23.5 Å². The van der Waals surface area contributed by atoms with Gasteiger partial charge in [0, 0.05) is 24.7 Å². The smallest absolute Gasteiger partial charge is 0.353 e. The summed E-state index contributed by atoms with van der Waals surface area (Å²) < 4.78 is 0. The Hall–Kier alpha value is -4.13. The number of halogens is 1. The molecule has 6 amide bonds. The summed E-state index contributed by atoms with van der Waals surface area (Å²) in [6.07, 6.45) is 0.531. The molecule has 1 aromatic rings. The summed E-state index contributed by atoms with van der Waals surface area (Å²) in [7, 11) is 0. The fraction of sp³-hybridized carbons (Fsp3) is 0.391. The molecule has 3 aliphatic heterocycles. The van der Waals surface area contributed by atoms with Crippen LogP contribution < -0.4 is 10.6 Å². The number of carbonyl (C=O) groups is 6. The summed E-state index contributed by atoms with van der Waals surface area (Å²) in [5.74, 6) is -4.80. The number of β-lactam (4-membered cyclic amide) rings is 1. The van der Waals surface area contributed by atoms with Gasteiger partial charge in [-0.2, -0.15) is 0 Å². The molecule has 4 N–H and O–H groups in total. The molecular formula is C23H24ClN5O8. The molecule has 0 spiro atoms. The van der Waals surface area contributed by atoms with E-state index in [2.05, 4.69) is 10.6 Å². The zero-order chi connectivity index (χ0) is 27.0. The number of urea groups is 1. The topological polar surface area (TPSA) is 177 Å². The molecule has 2 fully saturated rings. The van der Waals surface area contributed by atoms with Gasteiger partial charge in [-0.05, 0) is 37.5 Å². The van der Waals surface area contributed by atoms with E-state index in [1.165, 1.54) is 29.2 Å². The molecule has 37 heavy (non-hydrogen) atoms. The van der Waals surface area contributed by atoms with E-state index in [0.29, 0.717) is 17.9 Å². The van der Waals surface area contributed by atoms with Crippen LogP contribution in [0.5, 0.6) is 5.75 Å². The van der Waals surface area contributed by atoms with Crippen LogP contribution in [0.2, 0.25) is 0 Å². The Labute approximate surface area is 215 Å². The molecule has 3 heterocycles. The standard InChI is InChI=1S/C23H24ClN5O8/c1-2-27-9-10-28(21(34)20(27)33)23(37)26-15(11-3-5-12(30)6-4-11)18(31)25-16-14-8-7-13(24)17(22(35)36)29(14)19(16)32/h3-6,14-16,30H,2,7-10H2,1H3,(H,25,31)(H,26,37)(H,35,36)/t14-,15-,16+/m1/s1. The number of carboxylic acids is 1. The number of allylic oxidation sites excluding steroid dienone is 1. The van der Waals surface area contributed by atoms with Crippen molar-refractivity contribution in [2.75, 3.05) is 19.6 Å². The van der Waals surface area contributed by atoms with Crippen molar-refractivity contribution in [1.29, 1.82) is 0 Å². The van der Waals surface area contributed by atoms with E-state index < -0.39 is 53.8 Å². The Balaban J connectivity index is 1.53. The van der Waals surface area contributed by atoms with E-state index in [1.807, 2.05) is 0 Å². The highest BCUT2D eigenvalue weighted by molar-refractivity contribution is 6.38. The molecule has 13 nitrogen and oxygen atoms in total. The first-order valence-corrected chi connectivity index (χ1v) is 11.9. The molecule has 3 aliphatic rings. The van der Waals surface area contributed by atoms with Crippen LogP contribution in [0.15, 0.2) is 35.0 Å². The maximum absolute atomic E-state index is 13.3. The van der Waals surface area contributed by atoms with Crippen LogP contribution in [0.1, 0.15) is 31.4 Å². The van der Waals surface area contributed by atoms with E-state index >= 15 is 0 Å². The molecule has 14 heteroatoms. The number of carbonyl (C=O) groups excluding carboxylic acids is 5. The monoisotopic (exact) mass is 533 g/mol. The third kappa shape index (κ3) is 4.69. The number of fused-ring (bicyclic) bond motifs is 1. The fourth-order valence-electron chi connectivity index (χ4n) is 4.59. The number of imide groups is 1. The lowest BCUT2D eigenvalue weighted by molar-refractivity contribution is -0.156. The number of nitrogens with one attached hydrogen (secondary N) is 2. The van der Waals surface area contributed by atoms with Gasteiger partial charge >= 0.3 is 23.8 Å². The van der Waals surface area contributed by atoms with E-state index in [-0.39, 0.29) is 41.6 Å². The average Bonchev–Trinajstić information content (AvgIpc) is 2.87. The number of amides is 6. The van der Waals surface area contributed by atoms with E-state index in [4.69, 9.17) is 11.6 Å². The molecule has 196 valence electrons. The maximum Gasteiger partial charge on any atom is 0.353 e. The number of piperazine rings is 1. The number of benzene rings is 1. The highest BCUT2D eigenvalue weighted by Gasteiger charge is 2.53. The SMILES string of the molecule is CCN1CCN(C(=O)N[C@@H](C(=O)N[C@@H]2C(=O)N3C(C(=O)O)=C(Cl)CC[C@H]23)c2ccc(O)cc2)C(=O)C1=O. The molecule has 4 rings (SSSR count). The maximum atomic E-state index is 13.3. The quantitative estimate of drug-likeness (QED) is 0.288. The lowest BCUT2D eigenvalue weighted by atomic mass is 9.86. The summed E-state index contributed by atoms with van der Waals surface area (Å²) in [6.45, 7) is 2.07. The highest BCUT2D eigenvalue weighted by Crippen LogP contribution is 2.38. The Morgan fingerprint density at radius 3 is 2.41 bits per heavy atom. The Kier molecular flexibility index (Phi) is 7.07. The number of aliphatic carboxylic acids is 1. The van der Waals surface area contributed by atoms with Crippen LogP contribution >= 0.6 is 11.6 Å². The van der Waals surface area contributed by atoms with Crippen molar-refractivity contribution in [3.8, 4) is 5.75 Å². The van der Waals surface area contributed by atoms with Crippen molar-refractivity contribution in [2.45, 2.75) is 37.9 Å². The first kappa shape index (κ1) is 25.9. The van der Waals surface area contributed by atoms with Crippen LogP contribution in [0.25, 0.3) is 0 Å². The molecule has 3 atom stereocenters. The van der Waals surface area contributed by atoms with Crippen molar-refractivity contribution in [3.63, 3.8) is 0 Å². The van der Waals surface area contributed by atoms with Gasteiger partial charge in [0.2, 0.25) is 5.91 Å². The van der Waals surface area contributed by atoms with Crippen LogP contribution in [-0.4, -0.2) is 92.3 Å². The van der Waals surface area contributed by atoms with E-state index in [0.717, 1.165) is 4.90 Å². The van der Waals surface area contributed by atoms with Gasteiger partial charge in [-0.1, -0.05) is 23.7 Å². The summed E-state index contributed by atoms with van der Waals surface area (Å²) in [5.41, 5.74) is -0.0951. The summed E-state index contributed by atoms with van der Waals surface area (Å²) in [6, 6.07) is 1.26. The van der Waals surface area contributed by atoms with Gasteiger partial charge in [-0.25, -0.2) is 9.59 Å². The van der Waals surface area contributed by atoms with Gasteiger partial charge < -0.3 is 25.7 Å². The molecular weight excluding hydrogens is 510 g/mol. The zero-order valence-electron chi connectivity index (χ0n) is 19.6. The van der Waals surface area contributed by atoms with Gasteiger partial charge in [0.05, 0.1) is 6.04 Å². The minimum atomic E-state index is -1.40. The molecule has 1 aromatic carbocycles. The van der Waals surface area contributed by atoms with Crippen LogP contribution in [0.4, 0.5) is 4.79 Å². The molecule has 0 unspecified atom stereocenters. The summed E-state index contributed by atoms with van der Waals surface area (Å²) >= 11 is 6.00. The number of phenolic OH excluding ortho intramolecular Hbond substituents is 1. The Morgan fingerprint density at radius 1 is 1.11 bits per heavy atom. The van der Waals surface area contributed by atoms with Gasteiger partial charge in [-0.3, -0.25) is 29.0 Å². The molecule has 0 saturated carbocycles. The number of aromatic hydroxyl groups is 1. The number of hydrogen-bond donors (Lipinski definition) is 4. The molecule has 0 aromatic heterocycles. The molecule has 0 aliphatic carbocycles. The molecule has 0 radical (unpaired) electrons. The third-order valence-electron chi connectivity index (χ3n) is 6.57. The van der Waals surface area contributed by atoms with E-state index in [9.17, 15) is 39.0 Å². The molecule has 2 saturated heterocycles. The second-order valence-electron chi connectivity index (χ2n) is 8.67. The third-order valence-corrected chi connectivity index (χ3v) is 6.94. The van der Waals surface area contributed by atoms with Crippen LogP contribution in [-0.2, 0) is 24.0 Å². The number of phenols is 1. The second-order valence-corrected chi connectivity index (χ2v) is 9.13. The highest BCUT2D eigenvalue weighted by atomic mass is 35.5. The Morgan fingerprint density at radius 2 is 1.78 bits per heavy atom. The number of likely N-dealkylation sites (N-methyl/N-ethyl adjacent to an activating group) is 1. The summed E-state index contributed by atoms with van der Waals surface area (Å²) in [5, 5.41) is 24.1. The Bertz CT molecular complexity index is 1220. The van der Waals surface area contributed by atoms with E-state index in [1.54, 1.807) is 6.92 Å². The largest absolute Gasteiger partial charge is 0.508 e. The first-order chi connectivity index (χ1) is 17.5. The van der Waals surface area contributed by atoms with Crippen molar-refractivity contribution in [2.24, 2.45) is 0 Å². The molecule has 0 bridgehead atoms. The van der Waals surface area contributed by atoms with Gasteiger partial charge in [-0.15, -0.1) is 0 Å².